The highest BCUT2D eigenvalue weighted by Gasteiger charge is 2.03. The number of fused-ring (bicyclic) bond motifs is 1. The first-order valence-electron chi connectivity index (χ1n) is 4.84. The molecule has 2 aromatic rings. The summed E-state index contributed by atoms with van der Waals surface area (Å²) in [7, 11) is 0. The van der Waals surface area contributed by atoms with Gasteiger partial charge in [0.15, 0.2) is 0 Å². The average molecular weight is 182 g/mol. The molecule has 0 aliphatic heterocycles. The summed E-state index contributed by atoms with van der Waals surface area (Å²) in [6, 6.07) is 12.8. The summed E-state index contributed by atoms with van der Waals surface area (Å²) >= 11 is 0. The lowest BCUT2D eigenvalue weighted by Crippen LogP contribution is -1.87. The van der Waals surface area contributed by atoms with E-state index in [1.807, 2.05) is 0 Å². The maximum absolute atomic E-state index is 4.04. The second-order valence-electron chi connectivity index (χ2n) is 3.76. The highest BCUT2D eigenvalue weighted by atomic mass is 14.1. The van der Waals surface area contributed by atoms with Crippen molar-refractivity contribution in [1.29, 1.82) is 0 Å². The summed E-state index contributed by atoms with van der Waals surface area (Å²) < 4.78 is 0. The van der Waals surface area contributed by atoms with E-state index in [-0.39, 0.29) is 0 Å². The first-order chi connectivity index (χ1) is 6.70. The molecule has 0 heteroatoms. The topological polar surface area (TPSA) is 0 Å². The molecule has 0 radical (unpaired) electrons. The molecule has 14 heavy (non-hydrogen) atoms. The molecule has 0 heterocycles. The Labute approximate surface area is 84.9 Å². The highest BCUT2D eigenvalue weighted by Crippen LogP contribution is 2.26. The average Bonchev–Trinajstić information content (AvgIpc) is 2.17. The van der Waals surface area contributed by atoms with Crippen LogP contribution in [0.1, 0.15) is 18.1 Å². The number of hydrogen-bond acceptors (Lipinski definition) is 0. The second-order valence-corrected chi connectivity index (χ2v) is 3.76. The Balaban J connectivity index is 2.90. The second kappa shape index (κ2) is 3.30. The van der Waals surface area contributed by atoms with Crippen molar-refractivity contribution in [1.82, 2.24) is 0 Å². The van der Waals surface area contributed by atoms with Crippen LogP contribution in [0.2, 0.25) is 0 Å². The molecule has 0 atom stereocenters. The van der Waals surface area contributed by atoms with Gasteiger partial charge < -0.3 is 0 Å². The monoisotopic (exact) mass is 182 g/mol. The van der Waals surface area contributed by atoms with Gasteiger partial charge in [0, 0.05) is 0 Å². The molecule has 70 valence electrons. The SMILES string of the molecule is C=C(C)c1c(C)ccc2ccccc12. The predicted octanol–water partition coefficient (Wildman–Crippen LogP) is 4.18. The summed E-state index contributed by atoms with van der Waals surface area (Å²) in [4.78, 5) is 0. The van der Waals surface area contributed by atoms with E-state index in [2.05, 4.69) is 56.8 Å². The third-order valence-corrected chi connectivity index (χ3v) is 2.56. The lowest BCUT2D eigenvalue weighted by molar-refractivity contribution is 1.45. The number of rotatable bonds is 1. The van der Waals surface area contributed by atoms with E-state index in [9.17, 15) is 0 Å². The summed E-state index contributed by atoms with van der Waals surface area (Å²) in [5, 5.41) is 2.59. The van der Waals surface area contributed by atoms with E-state index >= 15 is 0 Å². The van der Waals surface area contributed by atoms with Crippen molar-refractivity contribution in [3.63, 3.8) is 0 Å². The third kappa shape index (κ3) is 1.33. The molecule has 0 amide bonds. The van der Waals surface area contributed by atoms with Crippen LogP contribution >= 0.6 is 0 Å². The minimum atomic E-state index is 1.14. The summed E-state index contributed by atoms with van der Waals surface area (Å²) in [6.45, 7) is 8.24. The quantitative estimate of drug-likeness (QED) is 0.620. The van der Waals surface area contributed by atoms with Crippen LogP contribution in [0.3, 0.4) is 0 Å². The number of allylic oxidation sites excluding steroid dienone is 1. The van der Waals surface area contributed by atoms with Gasteiger partial charge in [0.05, 0.1) is 0 Å². The molecule has 0 nitrogen and oxygen atoms in total. The molecule has 0 unspecified atom stereocenters. The lowest BCUT2D eigenvalue weighted by atomic mass is 9.95. The molecule has 2 aromatic carbocycles. The highest BCUT2D eigenvalue weighted by molar-refractivity contribution is 5.94. The van der Waals surface area contributed by atoms with Crippen molar-refractivity contribution in [3.8, 4) is 0 Å². The Morgan fingerprint density at radius 2 is 1.79 bits per heavy atom. The zero-order valence-electron chi connectivity index (χ0n) is 8.67. The molecule has 0 saturated carbocycles. The van der Waals surface area contributed by atoms with E-state index in [0.717, 1.165) is 5.57 Å². The lowest BCUT2D eigenvalue weighted by Gasteiger charge is -2.09. The molecule has 2 rings (SSSR count). The zero-order valence-corrected chi connectivity index (χ0v) is 8.67. The molecular weight excluding hydrogens is 168 g/mol. The first-order valence-corrected chi connectivity index (χ1v) is 4.84. The molecule has 0 aromatic heterocycles. The Morgan fingerprint density at radius 1 is 1.07 bits per heavy atom. The van der Waals surface area contributed by atoms with E-state index in [0.29, 0.717) is 0 Å². The van der Waals surface area contributed by atoms with Crippen LogP contribution in [0.5, 0.6) is 0 Å². The summed E-state index contributed by atoms with van der Waals surface area (Å²) in [5.41, 5.74) is 3.73. The van der Waals surface area contributed by atoms with Gasteiger partial charge in [-0.25, -0.2) is 0 Å². The van der Waals surface area contributed by atoms with Crippen LogP contribution in [0, 0.1) is 6.92 Å². The fourth-order valence-electron chi connectivity index (χ4n) is 1.95. The predicted molar refractivity (Wildman–Crippen MR) is 63.4 cm³/mol. The van der Waals surface area contributed by atoms with Crippen molar-refractivity contribution in [2.24, 2.45) is 0 Å². The van der Waals surface area contributed by atoms with Crippen molar-refractivity contribution in [3.05, 3.63) is 54.1 Å². The van der Waals surface area contributed by atoms with Crippen LogP contribution in [-0.2, 0) is 0 Å². The standard InChI is InChI=1S/C14H14/c1-10(2)14-11(3)8-9-12-6-4-5-7-13(12)14/h4-9H,1H2,2-3H3. The van der Waals surface area contributed by atoms with E-state index in [1.165, 1.54) is 21.9 Å². The van der Waals surface area contributed by atoms with Crippen LogP contribution in [0.4, 0.5) is 0 Å². The van der Waals surface area contributed by atoms with Gasteiger partial charge in [0.25, 0.3) is 0 Å². The molecule has 0 N–H and O–H groups in total. The third-order valence-electron chi connectivity index (χ3n) is 2.56. The number of benzene rings is 2. The molecule has 0 fully saturated rings. The number of aryl methyl sites for hydroxylation is 1. The Kier molecular flexibility index (Phi) is 2.12. The van der Waals surface area contributed by atoms with Gasteiger partial charge in [-0.3, -0.25) is 0 Å². The van der Waals surface area contributed by atoms with Crippen molar-refractivity contribution in [2.45, 2.75) is 13.8 Å². The smallest absolute Gasteiger partial charge is 0.0106 e. The maximum atomic E-state index is 4.04. The first kappa shape index (κ1) is 9.01. The summed E-state index contributed by atoms with van der Waals surface area (Å²) in [6.07, 6.45) is 0. The van der Waals surface area contributed by atoms with Crippen LogP contribution in [-0.4, -0.2) is 0 Å². The molecule has 0 aliphatic rings. The van der Waals surface area contributed by atoms with E-state index < -0.39 is 0 Å². The van der Waals surface area contributed by atoms with Gasteiger partial charge in [-0.2, -0.15) is 0 Å². The van der Waals surface area contributed by atoms with Gasteiger partial charge in [0.2, 0.25) is 0 Å². The maximum Gasteiger partial charge on any atom is -0.0106 e. The van der Waals surface area contributed by atoms with Gasteiger partial charge in [-0.15, -0.1) is 0 Å². The minimum absolute atomic E-state index is 1.14. The molecule has 0 spiro atoms. The zero-order chi connectivity index (χ0) is 10.1. The fraction of sp³-hybridized carbons (Fsp3) is 0.143. The largest absolute Gasteiger partial charge is 0.0955 e. The van der Waals surface area contributed by atoms with Crippen LogP contribution in [0.25, 0.3) is 16.3 Å². The van der Waals surface area contributed by atoms with E-state index in [4.69, 9.17) is 0 Å². The molecule has 0 aliphatic carbocycles. The normalized spacial score (nSPS) is 10.4. The van der Waals surface area contributed by atoms with Crippen LogP contribution < -0.4 is 0 Å². The van der Waals surface area contributed by atoms with Gasteiger partial charge in [-0.05, 0) is 35.7 Å². The molecular formula is C14H14. The number of hydrogen-bond donors (Lipinski definition) is 0. The Hall–Kier alpha value is -1.56. The van der Waals surface area contributed by atoms with Gasteiger partial charge in [-0.1, -0.05) is 48.6 Å². The Morgan fingerprint density at radius 3 is 2.50 bits per heavy atom. The minimum Gasteiger partial charge on any atom is -0.0955 e. The molecule has 0 saturated heterocycles. The van der Waals surface area contributed by atoms with Crippen molar-refractivity contribution in [2.75, 3.05) is 0 Å². The van der Waals surface area contributed by atoms with Crippen molar-refractivity contribution < 1.29 is 0 Å². The van der Waals surface area contributed by atoms with E-state index in [1.54, 1.807) is 0 Å². The van der Waals surface area contributed by atoms with Gasteiger partial charge in [0.1, 0.15) is 0 Å². The fourth-order valence-corrected chi connectivity index (χ4v) is 1.95. The summed E-state index contributed by atoms with van der Waals surface area (Å²) in [5.74, 6) is 0. The Bertz CT molecular complexity index is 492. The van der Waals surface area contributed by atoms with Gasteiger partial charge >= 0.3 is 0 Å². The van der Waals surface area contributed by atoms with Crippen LogP contribution in [0.15, 0.2) is 43.0 Å². The van der Waals surface area contributed by atoms with Crippen molar-refractivity contribution >= 4 is 16.3 Å². The molecule has 0 bridgehead atoms.